The Kier molecular flexibility index (Phi) is 6.50. The van der Waals surface area contributed by atoms with E-state index >= 15 is 0 Å². The zero-order valence-corrected chi connectivity index (χ0v) is 27.8. The van der Waals surface area contributed by atoms with Gasteiger partial charge in [-0.3, -0.25) is 0 Å². The number of hydrogen-bond acceptors (Lipinski definition) is 1. The number of hydrogen-bond donors (Lipinski definition) is 0. The van der Waals surface area contributed by atoms with Crippen molar-refractivity contribution in [2.24, 2.45) is 0 Å². The molecule has 3 aromatic heterocycles. The molecule has 0 fully saturated rings. The van der Waals surface area contributed by atoms with E-state index in [0.717, 1.165) is 52.4 Å². The van der Waals surface area contributed by atoms with E-state index in [1.807, 2.05) is 0 Å². The Labute approximate surface area is 290 Å². The molecule has 4 heteroatoms. The van der Waals surface area contributed by atoms with Gasteiger partial charge in [0.2, 0.25) is 0 Å². The number of aromatic nitrogens is 4. The maximum absolute atomic E-state index is 5.14. The fourth-order valence-corrected chi connectivity index (χ4v) is 8.01. The SMILES string of the molecule is CCCn1c(-c2cccc(-c3cc(-n4c5ccccc5c5ccccc54)cc(-n4c5ccccc5c5ccccc54)c3)c2)nc2ccccc21. The van der Waals surface area contributed by atoms with Gasteiger partial charge in [-0.2, -0.15) is 0 Å². The van der Waals surface area contributed by atoms with Crippen molar-refractivity contribution in [3.05, 3.63) is 164 Å². The van der Waals surface area contributed by atoms with Crippen LogP contribution in [0.4, 0.5) is 0 Å². The third-order valence-electron chi connectivity index (χ3n) is 10.1. The molecular weight excluding hydrogens is 609 g/mol. The van der Waals surface area contributed by atoms with Crippen LogP contribution in [0.25, 0.3) is 88.5 Å². The minimum Gasteiger partial charge on any atom is -0.324 e. The predicted molar refractivity (Wildman–Crippen MR) is 210 cm³/mol. The first-order chi connectivity index (χ1) is 24.8. The van der Waals surface area contributed by atoms with E-state index in [9.17, 15) is 0 Å². The first-order valence-electron chi connectivity index (χ1n) is 17.4. The van der Waals surface area contributed by atoms with Gasteiger partial charge in [0.25, 0.3) is 0 Å². The fourth-order valence-electron chi connectivity index (χ4n) is 8.01. The topological polar surface area (TPSA) is 27.7 Å². The molecule has 0 saturated carbocycles. The monoisotopic (exact) mass is 642 g/mol. The van der Waals surface area contributed by atoms with Crippen molar-refractivity contribution in [1.82, 2.24) is 18.7 Å². The molecule has 0 saturated heterocycles. The normalized spacial score (nSPS) is 11.9. The van der Waals surface area contributed by atoms with Crippen LogP contribution in [-0.2, 0) is 6.54 Å². The summed E-state index contributed by atoms with van der Waals surface area (Å²) >= 11 is 0. The Morgan fingerprint density at radius 2 is 0.880 bits per heavy atom. The van der Waals surface area contributed by atoms with Crippen LogP contribution in [0.1, 0.15) is 13.3 Å². The standard InChI is InChI=1S/C46H34N4/c1-2-26-48-45-25-12-7-20-40(45)47-46(48)32-15-13-14-31(27-32)33-28-34(49-41-21-8-3-16-36(41)37-17-4-9-22-42(37)49)30-35(29-33)50-43-23-10-5-18-38(43)39-19-6-11-24-44(39)50/h3-25,27-30H,2,26H2,1H3. The Bertz CT molecular complexity index is 2660. The molecule has 0 bridgehead atoms. The average molecular weight is 643 g/mol. The summed E-state index contributed by atoms with van der Waals surface area (Å²) in [6.07, 6.45) is 1.04. The quantitative estimate of drug-likeness (QED) is 0.177. The summed E-state index contributed by atoms with van der Waals surface area (Å²) < 4.78 is 7.22. The molecule has 0 aliphatic carbocycles. The second-order valence-electron chi connectivity index (χ2n) is 13.1. The number of imidazole rings is 1. The Morgan fingerprint density at radius 1 is 0.420 bits per heavy atom. The van der Waals surface area contributed by atoms with Gasteiger partial charge in [-0.1, -0.05) is 110 Å². The molecule has 50 heavy (non-hydrogen) atoms. The van der Waals surface area contributed by atoms with E-state index in [2.05, 4.69) is 184 Å². The van der Waals surface area contributed by atoms with Crippen LogP contribution < -0.4 is 0 Å². The van der Waals surface area contributed by atoms with E-state index in [4.69, 9.17) is 4.98 Å². The average Bonchev–Trinajstić information content (AvgIpc) is 3.83. The van der Waals surface area contributed by atoms with Crippen molar-refractivity contribution in [3.8, 4) is 33.9 Å². The Hall–Kier alpha value is -6.39. The summed E-state index contributed by atoms with van der Waals surface area (Å²) in [5, 5.41) is 5.01. The van der Waals surface area contributed by atoms with Crippen molar-refractivity contribution in [2.75, 3.05) is 0 Å². The Balaban J connectivity index is 1.26. The maximum atomic E-state index is 5.14. The molecule has 7 aromatic carbocycles. The summed E-state index contributed by atoms with van der Waals surface area (Å²) in [5.74, 6) is 1.01. The van der Waals surface area contributed by atoms with Crippen molar-refractivity contribution >= 4 is 54.6 Å². The lowest BCUT2D eigenvalue weighted by atomic mass is 10.0. The molecule has 0 N–H and O–H groups in total. The smallest absolute Gasteiger partial charge is 0.141 e. The number of rotatable bonds is 6. The number of benzene rings is 7. The molecular formula is C46H34N4. The second-order valence-corrected chi connectivity index (χ2v) is 13.1. The van der Waals surface area contributed by atoms with E-state index in [0.29, 0.717) is 0 Å². The van der Waals surface area contributed by atoms with E-state index in [1.54, 1.807) is 0 Å². The summed E-state index contributed by atoms with van der Waals surface area (Å²) in [4.78, 5) is 5.14. The van der Waals surface area contributed by atoms with Crippen molar-refractivity contribution < 1.29 is 0 Å². The van der Waals surface area contributed by atoms with Crippen LogP contribution in [-0.4, -0.2) is 18.7 Å². The third-order valence-corrected chi connectivity index (χ3v) is 10.1. The molecule has 0 spiro atoms. The minimum atomic E-state index is 0.918. The number of para-hydroxylation sites is 6. The molecule has 238 valence electrons. The van der Waals surface area contributed by atoms with Gasteiger partial charge < -0.3 is 13.7 Å². The largest absolute Gasteiger partial charge is 0.324 e. The lowest BCUT2D eigenvalue weighted by molar-refractivity contribution is 0.704. The van der Waals surface area contributed by atoms with Crippen molar-refractivity contribution in [1.29, 1.82) is 0 Å². The Morgan fingerprint density at radius 3 is 1.40 bits per heavy atom. The summed E-state index contributed by atoms with van der Waals surface area (Å²) in [6.45, 7) is 3.15. The van der Waals surface area contributed by atoms with Gasteiger partial charge in [0.05, 0.1) is 33.1 Å². The molecule has 10 rings (SSSR count). The van der Waals surface area contributed by atoms with Crippen molar-refractivity contribution in [3.63, 3.8) is 0 Å². The van der Waals surface area contributed by atoms with Gasteiger partial charge in [0.1, 0.15) is 5.82 Å². The fraction of sp³-hybridized carbons (Fsp3) is 0.0652. The molecule has 0 unspecified atom stereocenters. The lowest BCUT2D eigenvalue weighted by Crippen LogP contribution is -2.01. The lowest BCUT2D eigenvalue weighted by Gasteiger charge is -2.16. The van der Waals surface area contributed by atoms with Gasteiger partial charge >= 0.3 is 0 Å². The molecule has 0 aliphatic rings. The number of fused-ring (bicyclic) bond motifs is 7. The second kappa shape index (κ2) is 11.4. The van der Waals surface area contributed by atoms with Crippen LogP contribution in [0.2, 0.25) is 0 Å². The zero-order valence-electron chi connectivity index (χ0n) is 27.8. The molecule has 3 heterocycles. The van der Waals surface area contributed by atoms with Crippen LogP contribution in [0, 0.1) is 0 Å². The van der Waals surface area contributed by atoms with Crippen molar-refractivity contribution in [2.45, 2.75) is 19.9 Å². The summed E-state index contributed by atoms with van der Waals surface area (Å²) in [6, 6.07) is 59.4. The van der Waals surface area contributed by atoms with Crippen LogP contribution in [0.5, 0.6) is 0 Å². The highest BCUT2D eigenvalue weighted by molar-refractivity contribution is 6.10. The molecule has 0 atom stereocenters. The van der Waals surface area contributed by atoms with Gasteiger partial charge in [-0.15, -0.1) is 0 Å². The first kappa shape index (κ1) is 28.6. The highest BCUT2D eigenvalue weighted by atomic mass is 15.1. The molecule has 0 aliphatic heterocycles. The van der Waals surface area contributed by atoms with Crippen LogP contribution >= 0.6 is 0 Å². The summed E-state index contributed by atoms with van der Waals surface area (Å²) in [7, 11) is 0. The number of aryl methyl sites for hydroxylation is 1. The predicted octanol–water partition coefficient (Wildman–Crippen LogP) is 12.0. The summed E-state index contributed by atoms with van der Waals surface area (Å²) in [5.41, 5.74) is 12.7. The van der Waals surface area contributed by atoms with E-state index in [-0.39, 0.29) is 0 Å². The molecule has 10 aromatic rings. The first-order valence-corrected chi connectivity index (χ1v) is 17.4. The molecule has 4 nitrogen and oxygen atoms in total. The van der Waals surface area contributed by atoms with Gasteiger partial charge in [0, 0.05) is 45.0 Å². The molecule has 0 amide bonds. The highest BCUT2D eigenvalue weighted by Gasteiger charge is 2.18. The molecule has 0 radical (unpaired) electrons. The maximum Gasteiger partial charge on any atom is 0.141 e. The number of nitrogens with zero attached hydrogens (tertiary/aromatic N) is 4. The highest BCUT2D eigenvalue weighted by Crippen LogP contribution is 2.38. The zero-order chi connectivity index (χ0) is 33.2. The van der Waals surface area contributed by atoms with Gasteiger partial charge in [-0.05, 0) is 78.2 Å². The van der Waals surface area contributed by atoms with Gasteiger partial charge in [-0.25, -0.2) is 4.98 Å². The third kappa shape index (κ3) is 4.35. The van der Waals surface area contributed by atoms with E-state index in [1.165, 1.54) is 49.1 Å². The van der Waals surface area contributed by atoms with E-state index < -0.39 is 0 Å². The van der Waals surface area contributed by atoms with Gasteiger partial charge in [0.15, 0.2) is 0 Å². The van der Waals surface area contributed by atoms with Crippen LogP contribution in [0.15, 0.2) is 164 Å². The van der Waals surface area contributed by atoms with Crippen LogP contribution in [0.3, 0.4) is 0 Å². The minimum absolute atomic E-state index is 0.918.